The molecule has 0 saturated carbocycles. The van der Waals surface area contributed by atoms with Gasteiger partial charge in [-0.3, -0.25) is 4.68 Å². The number of nitrogens with one attached hydrogen (secondary N) is 1. The summed E-state index contributed by atoms with van der Waals surface area (Å²) in [5.74, 6) is -0.554. The molecule has 2 aromatic heterocycles. The van der Waals surface area contributed by atoms with E-state index in [4.69, 9.17) is 5.73 Å². The van der Waals surface area contributed by atoms with E-state index in [9.17, 15) is 18.0 Å². The second-order valence-electron chi connectivity index (χ2n) is 9.08. The Bertz CT molecular complexity index is 1230. The van der Waals surface area contributed by atoms with E-state index in [2.05, 4.69) is 15.4 Å². The van der Waals surface area contributed by atoms with Crippen molar-refractivity contribution in [2.24, 2.45) is 0 Å². The van der Waals surface area contributed by atoms with Gasteiger partial charge in [-0.15, -0.1) is 0 Å². The van der Waals surface area contributed by atoms with Crippen LogP contribution in [-0.4, -0.2) is 38.8 Å². The summed E-state index contributed by atoms with van der Waals surface area (Å²) in [6.45, 7) is 3.75. The highest BCUT2D eigenvalue weighted by Crippen LogP contribution is 2.44. The SMILES string of the molecule is C[C@@H](NC(=O)N1CCC2(CCn3nc(-c4cnc(N)c(C(F)(F)F)c4)cc32)C1)c1ccccc1. The number of benzene rings is 1. The largest absolute Gasteiger partial charge is 0.419 e. The van der Waals surface area contributed by atoms with Crippen LogP contribution in [0.1, 0.15) is 42.6 Å². The van der Waals surface area contributed by atoms with Gasteiger partial charge >= 0.3 is 12.2 Å². The number of rotatable bonds is 3. The first-order valence-electron chi connectivity index (χ1n) is 11.2. The third-order valence-electron chi connectivity index (χ3n) is 6.93. The molecule has 34 heavy (non-hydrogen) atoms. The molecule has 5 rings (SSSR count). The topological polar surface area (TPSA) is 89.1 Å². The number of hydrogen-bond acceptors (Lipinski definition) is 4. The van der Waals surface area contributed by atoms with Crippen molar-refractivity contribution < 1.29 is 18.0 Å². The zero-order valence-corrected chi connectivity index (χ0v) is 18.6. The Morgan fingerprint density at radius 3 is 2.65 bits per heavy atom. The van der Waals surface area contributed by atoms with Gasteiger partial charge in [0.25, 0.3) is 0 Å². The van der Waals surface area contributed by atoms with Crippen LogP contribution in [0.15, 0.2) is 48.7 Å². The van der Waals surface area contributed by atoms with Gasteiger partial charge in [0.15, 0.2) is 0 Å². The molecule has 1 unspecified atom stereocenters. The minimum Gasteiger partial charge on any atom is -0.383 e. The summed E-state index contributed by atoms with van der Waals surface area (Å²) < 4.78 is 41.7. The molecular formula is C24H25F3N6O. The van der Waals surface area contributed by atoms with E-state index >= 15 is 0 Å². The molecule has 0 bridgehead atoms. The maximum atomic E-state index is 13.3. The molecule has 0 radical (unpaired) electrons. The van der Waals surface area contributed by atoms with Crippen molar-refractivity contribution in [3.8, 4) is 11.3 Å². The Labute approximate surface area is 194 Å². The van der Waals surface area contributed by atoms with E-state index < -0.39 is 17.6 Å². The number of alkyl halides is 3. The van der Waals surface area contributed by atoms with Crippen LogP contribution >= 0.6 is 0 Å². The predicted octanol–water partition coefficient (Wildman–Crippen LogP) is 4.36. The van der Waals surface area contributed by atoms with Gasteiger partial charge in [-0.2, -0.15) is 18.3 Å². The number of nitrogens with zero attached hydrogens (tertiary/aromatic N) is 4. The Kier molecular flexibility index (Phi) is 5.26. The van der Waals surface area contributed by atoms with Crippen LogP contribution in [0.4, 0.5) is 23.8 Å². The lowest BCUT2D eigenvalue weighted by Gasteiger charge is -2.25. The normalized spacial score (nSPS) is 20.5. The Morgan fingerprint density at radius 2 is 1.91 bits per heavy atom. The molecule has 1 fully saturated rings. The number of anilines is 1. The van der Waals surface area contributed by atoms with Gasteiger partial charge < -0.3 is 16.0 Å². The van der Waals surface area contributed by atoms with E-state index in [1.54, 1.807) is 0 Å². The minimum absolute atomic E-state index is 0.119. The smallest absolute Gasteiger partial charge is 0.383 e. The zero-order valence-electron chi connectivity index (χ0n) is 18.6. The molecule has 1 spiro atoms. The van der Waals surface area contributed by atoms with Crippen LogP contribution in [0.25, 0.3) is 11.3 Å². The fourth-order valence-corrected chi connectivity index (χ4v) is 5.01. The summed E-state index contributed by atoms with van der Waals surface area (Å²) in [4.78, 5) is 18.5. The number of nitrogens with two attached hydrogens (primary N) is 1. The van der Waals surface area contributed by atoms with E-state index in [-0.39, 0.29) is 23.1 Å². The Hall–Kier alpha value is -3.56. The fourth-order valence-electron chi connectivity index (χ4n) is 5.01. The standard InChI is InChI=1S/C24H25F3N6O/c1-15(16-5-3-2-4-6-16)30-22(34)32-9-7-23(14-32)8-10-33-20(23)12-19(31-33)17-11-18(24(25,26)27)21(28)29-13-17/h2-6,11-13,15H,7-10,14H2,1H3,(H2,28,29)(H,30,34)/t15-,23?/m1/s1. The van der Waals surface area contributed by atoms with Crippen LogP contribution in [0.5, 0.6) is 0 Å². The van der Waals surface area contributed by atoms with E-state index in [1.807, 2.05) is 52.9 Å². The van der Waals surface area contributed by atoms with Gasteiger partial charge in [0.1, 0.15) is 5.82 Å². The monoisotopic (exact) mass is 470 g/mol. The summed E-state index contributed by atoms with van der Waals surface area (Å²) >= 11 is 0. The lowest BCUT2D eigenvalue weighted by Crippen LogP contribution is -2.41. The van der Waals surface area contributed by atoms with Gasteiger partial charge in [0, 0.05) is 42.5 Å². The molecule has 1 saturated heterocycles. The number of halogens is 3. The van der Waals surface area contributed by atoms with Gasteiger partial charge in [-0.25, -0.2) is 9.78 Å². The maximum absolute atomic E-state index is 13.3. The van der Waals surface area contributed by atoms with Crippen LogP contribution in [-0.2, 0) is 18.1 Å². The molecule has 2 atom stereocenters. The molecule has 2 amide bonds. The van der Waals surface area contributed by atoms with Crippen molar-refractivity contribution in [3.63, 3.8) is 0 Å². The average Bonchev–Trinajstić information content (AvgIpc) is 3.51. The van der Waals surface area contributed by atoms with E-state index in [0.717, 1.165) is 30.2 Å². The highest BCUT2D eigenvalue weighted by Gasteiger charge is 2.47. The van der Waals surface area contributed by atoms with Crippen molar-refractivity contribution >= 4 is 11.8 Å². The summed E-state index contributed by atoms with van der Waals surface area (Å²) in [5.41, 5.74) is 6.88. The predicted molar refractivity (Wildman–Crippen MR) is 121 cm³/mol. The van der Waals surface area contributed by atoms with Crippen LogP contribution < -0.4 is 11.1 Å². The van der Waals surface area contributed by atoms with Crippen LogP contribution in [0, 0.1) is 0 Å². The zero-order chi connectivity index (χ0) is 24.1. The number of amides is 2. The number of hydrogen-bond donors (Lipinski definition) is 2. The molecule has 10 heteroatoms. The molecular weight excluding hydrogens is 445 g/mol. The van der Waals surface area contributed by atoms with Crippen LogP contribution in [0.3, 0.4) is 0 Å². The number of carbonyl (C=O) groups is 1. The third kappa shape index (κ3) is 3.86. The summed E-state index contributed by atoms with van der Waals surface area (Å²) in [5, 5.41) is 7.60. The third-order valence-corrected chi connectivity index (χ3v) is 6.93. The molecule has 2 aliphatic rings. The minimum atomic E-state index is -4.59. The lowest BCUT2D eigenvalue weighted by molar-refractivity contribution is -0.137. The molecule has 2 aliphatic heterocycles. The molecule has 1 aromatic carbocycles. The van der Waals surface area contributed by atoms with Gasteiger partial charge in [-0.05, 0) is 37.5 Å². The number of likely N-dealkylation sites (tertiary alicyclic amines) is 1. The second-order valence-corrected chi connectivity index (χ2v) is 9.08. The summed E-state index contributed by atoms with van der Waals surface area (Å²) in [7, 11) is 0. The van der Waals surface area contributed by atoms with Crippen molar-refractivity contribution in [3.05, 3.63) is 65.5 Å². The lowest BCUT2D eigenvalue weighted by atomic mass is 9.82. The van der Waals surface area contributed by atoms with Gasteiger partial charge in [0.05, 0.1) is 17.3 Å². The number of nitrogen functional groups attached to an aromatic ring is 1. The van der Waals surface area contributed by atoms with Crippen LogP contribution in [0.2, 0.25) is 0 Å². The number of pyridine rings is 1. The molecule has 3 aromatic rings. The average molecular weight is 470 g/mol. The molecule has 3 N–H and O–H groups in total. The Balaban J connectivity index is 1.34. The molecule has 4 heterocycles. The molecule has 0 aliphatic carbocycles. The van der Waals surface area contributed by atoms with Crippen molar-refractivity contribution in [2.75, 3.05) is 18.8 Å². The highest BCUT2D eigenvalue weighted by atomic mass is 19.4. The summed E-state index contributed by atoms with van der Waals surface area (Å²) in [6.07, 6.45) is -1.66. The van der Waals surface area contributed by atoms with Gasteiger partial charge in [0.2, 0.25) is 0 Å². The fraction of sp³-hybridized carbons (Fsp3) is 0.375. The number of fused-ring (bicyclic) bond motifs is 2. The van der Waals surface area contributed by atoms with E-state index in [0.29, 0.717) is 25.3 Å². The maximum Gasteiger partial charge on any atom is 0.419 e. The second kappa shape index (κ2) is 8.03. The first-order chi connectivity index (χ1) is 16.2. The number of aromatic nitrogens is 3. The number of carbonyl (C=O) groups excluding carboxylic acids is 1. The number of aryl methyl sites for hydroxylation is 1. The summed E-state index contributed by atoms with van der Waals surface area (Å²) in [6, 6.07) is 12.3. The van der Waals surface area contributed by atoms with Gasteiger partial charge in [-0.1, -0.05) is 30.3 Å². The molecule has 178 valence electrons. The van der Waals surface area contributed by atoms with Crippen molar-refractivity contribution in [1.29, 1.82) is 0 Å². The Morgan fingerprint density at radius 1 is 1.18 bits per heavy atom. The highest BCUT2D eigenvalue weighted by molar-refractivity contribution is 5.75. The van der Waals surface area contributed by atoms with Crippen molar-refractivity contribution in [2.45, 2.75) is 43.9 Å². The van der Waals surface area contributed by atoms with E-state index in [1.165, 1.54) is 6.20 Å². The molecule has 7 nitrogen and oxygen atoms in total. The quantitative estimate of drug-likeness (QED) is 0.595. The first kappa shape index (κ1) is 22.2. The number of urea groups is 1. The first-order valence-corrected chi connectivity index (χ1v) is 11.2. The van der Waals surface area contributed by atoms with Crippen molar-refractivity contribution in [1.82, 2.24) is 25.0 Å².